The first-order valence-corrected chi connectivity index (χ1v) is 6.03. The summed E-state index contributed by atoms with van der Waals surface area (Å²) in [6.07, 6.45) is 4.95. The highest BCUT2D eigenvalue weighted by atomic mass is 16.5. The van der Waals surface area contributed by atoms with Crippen LogP contribution in [0.4, 0.5) is 0 Å². The molecule has 0 amide bonds. The number of hydrogen-bond acceptors (Lipinski definition) is 2. The van der Waals surface area contributed by atoms with Crippen LogP contribution in [0.1, 0.15) is 43.5 Å². The Hall–Kier alpha value is -1.57. The lowest BCUT2D eigenvalue weighted by atomic mass is 9.80. The second-order valence-corrected chi connectivity index (χ2v) is 5.29. The van der Waals surface area contributed by atoms with Gasteiger partial charge in [0.05, 0.1) is 5.56 Å². The fraction of sp³-hybridized carbons (Fsp3) is 0.400. The molecule has 0 radical (unpaired) electrons. The Morgan fingerprint density at radius 3 is 2.53 bits per heavy atom. The van der Waals surface area contributed by atoms with Gasteiger partial charge in [-0.2, -0.15) is 0 Å². The standard InChI is InChI=1S/C15H18O2/c1-15(2)10-8-13(9-11-15)17-14(16)12-6-4-3-5-7-12/h3-8H,9-11H2,1-2H3. The van der Waals surface area contributed by atoms with Crippen molar-refractivity contribution >= 4 is 5.97 Å². The van der Waals surface area contributed by atoms with Crippen LogP contribution in [-0.4, -0.2) is 5.97 Å². The van der Waals surface area contributed by atoms with Gasteiger partial charge in [0, 0.05) is 6.42 Å². The quantitative estimate of drug-likeness (QED) is 0.719. The first kappa shape index (κ1) is 11.9. The molecule has 0 saturated carbocycles. The normalized spacial score (nSPS) is 18.4. The van der Waals surface area contributed by atoms with E-state index in [2.05, 4.69) is 13.8 Å². The third-order valence-corrected chi connectivity index (χ3v) is 3.16. The van der Waals surface area contributed by atoms with E-state index in [-0.39, 0.29) is 5.97 Å². The smallest absolute Gasteiger partial charge is 0.343 e. The molecule has 1 aliphatic carbocycles. The summed E-state index contributed by atoms with van der Waals surface area (Å²) >= 11 is 0. The molecule has 90 valence electrons. The molecule has 1 aromatic carbocycles. The number of hydrogen-bond donors (Lipinski definition) is 0. The fourth-order valence-corrected chi connectivity index (χ4v) is 1.90. The molecule has 1 aliphatic rings. The molecule has 2 heteroatoms. The summed E-state index contributed by atoms with van der Waals surface area (Å²) in [6.45, 7) is 4.47. The minimum Gasteiger partial charge on any atom is -0.428 e. The Morgan fingerprint density at radius 2 is 1.94 bits per heavy atom. The zero-order chi connectivity index (χ0) is 12.3. The summed E-state index contributed by atoms with van der Waals surface area (Å²) in [4.78, 5) is 11.8. The second-order valence-electron chi connectivity index (χ2n) is 5.29. The van der Waals surface area contributed by atoms with Crippen LogP contribution >= 0.6 is 0 Å². The Kier molecular flexibility index (Phi) is 3.32. The molecule has 2 rings (SSSR count). The summed E-state index contributed by atoms with van der Waals surface area (Å²) in [5.74, 6) is 0.565. The van der Waals surface area contributed by atoms with E-state index in [9.17, 15) is 4.79 Å². The lowest BCUT2D eigenvalue weighted by molar-refractivity contribution is 0.0595. The SMILES string of the molecule is CC1(C)CC=C(OC(=O)c2ccccc2)CC1. The van der Waals surface area contributed by atoms with Crippen molar-refractivity contribution in [2.24, 2.45) is 5.41 Å². The zero-order valence-corrected chi connectivity index (χ0v) is 10.4. The van der Waals surface area contributed by atoms with E-state index in [4.69, 9.17) is 4.74 Å². The Morgan fingerprint density at radius 1 is 1.24 bits per heavy atom. The third-order valence-electron chi connectivity index (χ3n) is 3.16. The van der Waals surface area contributed by atoms with Gasteiger partial charge < -0.3 is 4.74 Å². The van der Waals surface area contributed by atoms with Gasteiger partial charge >= 0.3 is 5.97 Å². The molecule has 0 fully saturated rings. The van der Waals surface area contributed by atoms with Gasteiger partial charge in [-0.3, -0.25) is 0 Å². The molecular weight excluding hydrogens is 212 g/mol. The number of ether oxygens (including phenoxy) is 1. The van der Waals surface area contributed by atoms with Crippen LogP contribution in [-0.2, 0) is 4.74 Å². The van der Waals surface area contributed by atoms with Gasteiger partial charge in [-0.25, -0.2) is 4.79 Å². The molecule has 1 aromatic rings. The topological polar surface area (TPSA) is 26.3 Å². The van der Waals surface area contributed by atoms with E-state index >= 15 is 0 Å². The summed E-state index contributed by atoms with van der Waals surface area (Å²) < 4.78 is 5.39. The summed E-state index contributed by atoms with van der Waals surface area (Å²) in [6, 6.07) is 9.12. The number of carbonyl (C=O) groups is 1. The van der Waals surface area contributed by atoms with Crippen LogP contribution < -0.4 is 0 Å². The first-order valence-electron chi connectivity index (χ1n) is 6.03. The largest absolute Gasteiger partial charge is 0.428 e. The molecule has 0 N–H and O–H groups in total. The highest BCUT2D eigenvalue weighted by Gasteiger charge is 2.23. The minimum atomic E-state index is -0.253. The molecule has 0 atom stereocenters. The van der Waals surface area contributed by atoms with Crippen molar-refractivity contribution < 1.29 is 9.53 Å². The molecule has 0 saturated heterocycles. The summed E-state index contributed by atoms with van der Waals surface area (Å²) in [5, 5.41) is 0. The molecule has 17 heavy (non-hydrogen) atoms. The van der Waals surface area contributed by atoms with Gasteiger partial charge in [0.1, 0.15) is 5.76 Å². The fourth-order valence-electron chi connectivity index (χ4n) is 1.90. The van der Waals surface area contributed by atoms with E-state index in [1.165, 1.54) is 0 Å². The molecular formula is C15H18O2. The predicted octanol–water partition coefficient (Wildman–Crippen LogP) is 3.94. The van der Waals surface area contributed by atoms with Crippen molar-refractivity contribution in [2.45, 2.75) is 33.1 Å². The van der Waals surface area contributed by atoms with Gasteiger partial charge in [0.2, 0.25) is 0 Å². The van der Waals surface area contributed by atoms with Gasteiger partial charge in [0.25, 0.3) is 0 Å². The van der Waals surface area contributed by atoms with Gasteiger partial charge in [-0.05, 0) is 36.5 Å². The van der Waals surface area contributed by atoms with Crippen LogP contribution in [0, 0.1) is 5.41 Å². The average molecular weight is 230 g/mol. The van der Waals surface area contributed by atoms with Crippen LogP contribution in [0.15, 0.2) is 42.2 Å². The molecule has 0 aliphatic heterocycles. The van der Waals surface area contributed by atoms with Crippen molar-refractivity contribution in [1.29, 1.82) is 0 Å². The Bertz CT molecular complexity index is 429. The van der Waals surface area contributed by atoms with E-state index in [0.717, 1.165) is 25.0 Å². The highest BCUT2D eigenvalue weighted by Crippen LogP contribution is 2.34. The second kappa shape index (κ2) is 4.74. The maximum Gasteiger partial charge on any atom is 0.343 e. The van der Waals surface area contributed by atoms with Crippen LogP contribution in [0.2, 0.25) is 0 Å². The maximum atomic E-state index is 11.8. The van der Waals surface area contributed by atoms with Crippen molar-refractivity contribution in [3.8, 4) is 0 Å². The number of carbonyl (C=O) groups excluding carboxylic acids is 1. The highest BCUT2D eigenvalue weighted by molar-refractivity contribution is 5.89. The summed E-state index contributed by atoms with van der Waals surface area (Å²) in [5.41, 5.74) is 0.945. The van der Waals surface area contributed by atoms with E-state index in [1.807, 2.05) is 24.3 Å². The number of esters is 1. The van der Waals surface area contributed by atoms with E-state index < -0.39 is 0 Å². The molecule has 0 spiro atoms. The minimum absolute atomic E-state index is 0.253. The zero-order valence-electron chi connectivity index (χ0n) is 10.4. The molecule has 0 aromatic heterocycles. The first-order chi connectivity index (χ1) is 8.07. The summed E-state index contributed by atoms with van der Waals surface area (Å²) in [7, 11) is 0. The molecule has 0 unspecified atom stereocenters. The lowest BCUT2D eigenvalue weighted by Gasteiger charge is -2.27. The van der Waals surface area contributed by atoms with Gasteiger partial charge in [-0.15, -0.1) is 0 Å². The maximum absolute atomic E-state index is 11.8. The van der Waals surface area contributed by atoms with Crippen molar-refractivity contribution in [2.75, 3.05) is 0 Å². The molecule has 2 nitrogen and oxygen atoms in total. The molecule has 0 heterocycles. The monoisotopic (exact) mass is 230 g/mol. The van der Waals surface area contributed by atoms with Gasteiger partial charge in [0.15, 0.2) is 0 Å². The van der Waals surface area contributed by atoms with E-state index in [0.29, 0.717) is 11.0 Å². The number of rotatable bonds is 2. The van der Waals surface area contributed by atoms with E-state index in [1.54, 1.807) is 12.1 Å². The third kappa shape index (κ3) is 3.19. The van der Waals surface area contributed by atoms with Crippen LogP contribution in [0.3, 0.4) is 0 Å². The lowest BCUT2D eigenvalue weighted by Crippen LogP contribution is -2.17. The average Bonchev–Trinajstić information content (AvgIpc) is 2.33. The Balaban J connectivity index is 1.99. The molecule has 0 bridgehead atoms. The van der Waals surface area contributed by atoms with Crippen LogP contribution in [0.25, 0.3) is 0 Å². The van der Waals surface area contributed by atoms with Crippen molar-refractivity contribution in [3.63, 3.8) is 0 Å². The van der Waals surface area contributed by atoms with Crippen molar-refractivity contribution in [1.82, 2.24) is 0 Å². The van der Waals surface area contributed by atoms with Crippen molar-refractivity contribution in [3.05, 3.63) is 47.7 Å². The van der Waals surface area contributed by atoms with Gasteiger partial charge in [-0.1, -0.05) is 32.0 Å². The number of benzene rings is 1. The Labute approximate surface area is 102 Å². The predicted molar refractivity (Wildman–Crippen MR) is 67.6 cm³/mol. The van der Waals surface area contributed by atoms with Crippen LogP contribution in [0.5, 0.6) is 0 Å². The number of allylic oxidation sites excluding steroid dienone is 2.